The molecule has 0 atom stereocenters. The number of rotatable bonds is 4. The Morgan fingerprint density at radius 2 is 2.05 bits per heavy atom. The van der Waals surface area contributed by atoms with E-state index in [9.17, 15) is 0 Å². The molecular formula is C16H22BrN3. The van der Waals surface area contributed by atoms with Gasteiger partial charge in [0.1, 0.15) is 4.60 Å². The minimum atomic E-state index is 0.930. The molecule has 3 heterocycles. The van der Waals surface area contributed by atoms with Gasteiger partial charge in [0.2, 0.25) is 0 Å². The maximum atomic E-state index is 4.39. The highest BCUT2D eigenvalue weighted by Gasteiger charge is 2.15. The van der Waals surface area contributed by atoms with E-state index in [2.05, 4.69) is 49.6 Å². The van der Waals surface area contributed by atoms with Crippen molar-refractivity contribution in [2.45, 2.75) is 45.7 Å². The van der Waals surface area contributed by atoms with Crippen LogP contribution in [-0.4, -0.2) is 27.5 Å². The lowest BCUT2D eigenvalue weighted by Crippen LogP contribution is -2.28. The van der Waals surface area contributed by atoms with Crippen LogP contribution in [0.1, 0.15) is 38.2 Å². The topological polar surface area (TPSA) is 21.1 Å². The summed E-state index contributed by atoms with van der Waals surface area (Å²) in [5.41, 5.74) is 2.71. The molecule has 1 fully saturated rings. The van der Waals surface area contributed by atoms with Crippen LogP contribution < -0.4 is 0 Å². The van der Waals surface area contributed by atoms with E-state index in [1.54, 1.807) is 0 Å². The van der Waals surface area contributed by atoms with Crippen molar-refractivity contribution < 1.29 is 0 Å². The molecule has 0 bridgehead atoms. The number of hydrogen-bond acceptors (Lipinski definition) is 2. The van der Waals surface area contributed by atoms with E-state index >= 15 is 0 Å². The summed E-state index contributed by atoms with van der Waals surface area (Å²) in [6.45, 7) is 6.85. The smallest absolute Gasteiger partial charge is 0.106 e. The van der Waals surface area contributed by atoms with Gasteiger partial charge in [0, 0.05) is 24.7 Å². The molecule has 0 aliphatic carbocycles. The van der Waals surface area contributed by atoms with Gasteiger partial charge in [-0.2, -0.15) is 0 Å². The van der Waals surface area contributed by atoms with Crippen LogP contribution in [-0.2, 0) is 13.1 Å². The maximum Gasteiger partial charge on any atom is 0.106 e. The fourth-order valence-corrected chi connectivity index (χ4v) is 3.48. The first-order valence-electron chi connectivity index (χ1n) is 7.63. The van der Waals surface area contributed by atoms with Gasteiger partial charge in [-0.15, -0.1) is 0 Å². The van der Waals surface area contributed by atoms with Gasteiger partial charge in [-0.25, -0.2) is 4.98 Å². The van der Waals surface area contributed by atoms with Gasteiger partial charge < -0.3 is 4.57 Å². The first kappa shape index (κ1) is 14.1. The summed E-state index contributed by atoms with van der Waals surface area (Å²) < 4.78 is 3.28. The maximum absolute atomic E-state index is 4.39. The summed E-state index contributed by atoms with van der Waals surface area (Å²) in [6, 6.07) is 2.17. The highest BCUT2D eigenvalue weighted by molar-refractivity contribution is 9.10. The van der Waals surface area contributed by atoms with Crippen LogP contribution in [0.2, 0.25) is 0 Å². The van der Waals surface area contributed by atoms with Crippen LogP contribution in [0.3, 0.4) is 0 Å². The van der Waals surface area contributed by atoms with Crippen molar-refractivity contribution in [3.8, 4) is 0 Å². The molecular weight excluding hydrogens is 314 g/mol. The van der Waals surface area contributed by atoms with E-state index < -0.39 is 0 Å². The van der Waals surface area contributed by atoms with Crippen molar-refractivity contribution in [3.63, 3.8) is 0 Å². The predicted octanol–water partition coefficient (Wildman–Crippen LogP) is 4.19. The predicted molar refractivity (Wildman–Crippen MR) is 86.9 cm³/mol. The minimum Gasteiger partial charge on any atom is -0.346 e. The number of likely N-dealkylation sites (tertiary alicyclic amines) is 1. The molecule has 0 radical (unpaired) electrons. The summed E-state index contributed by atoms with van der Waals surface area (Å²) in [7, 11) is 0. The Bertz CT molecular complexity index is 585. The van der Waals surface area contributed by atoms with Gasteiger partial charge in [-0.1, -0.05) is 13.3 Å². The van der Waals surface area contributed by atoms with Crippen LogP contribution in [0, 0.1) is 0 Å². The summed E-state index contributed by atoms with van der Waals surface area (Å²) in [5.74, 6) is 0. The average molecular weight is 336 g/mol. The quantitative estimate of drug-likeness (QED) is 0.781. The highest BCUT2D eigenvalue weighted by Crippen LogP contribution is 2.26. The van der Waals surface area contributed by atoms with E-state index in [-0.39, 0.29) is 0 Å². The number of pyridine rings is 1. The van der Waals surface area contributed by atoms with Gasteiger partial charge in [0.05, 0.1) is 11.7 Å². The Morgan fingerprint density at radius 1 is 1.25 bits per heavy atom. The van der Waals surface area contributed by atoms with Crippen molar-refractivity contribution in [3.05, 3.63) is 28.6 Å². The van der Waals surface area contributed by atoms with E-state index in [0.717, 1.165) is 24.1 Å². The molecule has 0 N–H and O–H groups in total. The zero-order valence-corrected chi connectivity index (χ0v) is 13.7. The SMILES string of the molecule is CCCn1cc(CN2CCCCC2)c2cc(Br)ncc21. The van der Waals surface area contributed by atoms with Gasteiger partial charge in [-0.3, -0.25) is 4.90 Å². The number of halogens is 1. The first-order chi connectivity index (χ1) is 9.78. The number of aromatic nitrogens is 2. The lowest BCUT2D eigenvalue weighted by molar-refractivity contribution is 0.221. The summed E-state index contributed by atoms with van der Waals surface area (Å²) >= 11 is 3.51. The standard InChI is InChI=1S/C16H22BrN3/c1-2-6-20-12-13(11-19-7-4-3-5-8-19)14-9-16(17)18-10-15(14)20/h9-10,12H,2-8,11H2,1H3. The highest BCUT2D eigenvalue weighted by atomic mass is 79.9. The Balaban J connectivity index is 1.93. The molecule has 2 aromatic heterocycles. The second kappa shape index (κ2) is 6.27. The molecule has 3 rings (SSSR count). The molecule has 0 amide bonds. The summed E-state index contributed by atoms with van der Waals surface area (Å²) in [5, 5.41) is 1.35. The van der Waals surface area contributed by atoms with Crippen LogP contribution in [0.4, 0.5) is 0 Å². The number of hydrogen-bond donors (Lipinski definition) is 0. The van der Waals surface area contributed by atoms with Crippen LogP contribution in [0.15, 0.2) is 23.1 Å². The van der Waals surface area contributed by atoms with E-state index in [1.165, 1.54) is 48.8 Å². The summed E-state index contributed by atoms with van der Waals surface area (Å²) in [6.07, 6.45) is 9.57. The number of aryl methyl sites for hydroxylation is 1. The molecule has 1 saturated heterocycles. The Morgan fingerprint density at radius 3 is 2.80 bits per heavy atom. The number of piperidine rings is 1. The molecule has 4 heteroatoms. The summed E-state index contributed by atoms with van der Waals surface area (Å²) in [4.78, 5) is 6.98. The Labute approximate surface area is 129 Å². The van der Waals surface area contributed by atoms with E-state index in [0.29, 0.717) is 0 Å². The van der Waals surface area contributed by atoms with Crippen molar-refractivity contribution >= 4 is 26.8 Å². The third kappa shape index (κ3) is 2.91. The van der Waals surface area contributed by atoms with Crippen LogP contribution in [0.5, 0.6) is 0 Å². The lowest BCUT2D eigenvalue weighted by Gasteiger charge is -2.26. The molecule has 3 nitrogen and oxygen atoms in total. The fraction of sp³-hybridized carbons (Fsp3) is 0.562. The van der Waals surface area contributed by atoms with Crippen molar-refractivity contribution in [2.75, 3.05) is 13.1 Å². The molecule has 2 aromatic rings. The number of nitrogens with zero attached hydrogens (tertiary/aromatic N) is 3. The zero-order valence-electron chi connectivity index (χ0n) is 12.1. The monoisotopic (exact) mass is 335 g/mol. The Hall–Kier alpha value is -0.870. The minimum absolute atomic E-state index is 0.930. The van der Waals surface area contributed by atoms with Crippen LogP contribution >= 0.6 is 15.9 Å². The van der Waals surface area contributed by atoms with Crippen molar-refractivity contribution in [1.82, 2.24) is 14.5 Å². The third-order valence-corrected chi connectivity index (χ3v) is 4.56. The molecule has 1 aliphatic heterocycles. The van der Waals surface area contributed by atoms with Crippen molar-refractivity contribution in [2.24, 2.45) is 0 Å². The zero-order chi connectivity index (χ0) is 13.9. The molecule has 0 unspecified atom stereocenters. The average Bonchev–Trinajstić information content (AvgIpc) is 2.78. The van der Waals surface area contributed by atoms with Gasteiger partial charge in [0.15, 0.2) is 0 Å². The van der Waals surface area contributed by atoms with Gasteiger partial charge >= 0.3 is 0 Å². The molecule has 0 aromatic carbocycles. The Kier molecular flexibility index (Phi) is 4.41. The van der Waals surface area contributed by atoms with Gasteiger partial charge in [-0.05, 0) is 59.9 Å². The second-order valence-electron chi connectivity index (χ2n) is 5.71. The van der Waals surface area contributed by atoms with E-state index in [1.807, 2.05) is 6.20 Å². The molecule has 1 aliphatic rings. The molecule has 108 valence electrons. The second-order valence-corrected chi connectivity index (χ2v) is 6.52. The van der Waals surface area contributed by atoms with Crippen molar-refractivity contribution in [1.29, 1.82) is 0 Å². The lowest BCUT2D eigenvalue weighted by atomic mass is 10.1. The van der Waals surface area contributed by atoms with Gasteiger partial charge in [0.25, 0.3) is 0 Å². The largest absolute Gasteiger partial charge is 0.346 e. The molecule has 20 heavy (non-hydrogen) atoms. The van der Waals surface area contributed by atoms with E-state index in [4.69, 9.17) is 0 Å². The van der Waals surface area contributed by atoms with Crippen LogP contribution in [0.25, 0.3) is 10.9 Å². The first-order valence-corrected chi connectivity index (χ1v) is 8.43. The molecule has 0 spiro atoms. The molecule has 0 saturated carbocycles. The third-order valence-electron chi connectivity index (χ3n) is 4.12. The fourth-order valence-electron chi connectivity index (χ4n) is 3.15. The normalized spacial score (nSPS) is 16.9. The number of fused-ring (bicyclic) bond motifs is 1.